The second-order valence-electron chi connectivity index (χ2n) is 5.64. The highest BCUT2D eigenvalue weighted by Gasteiger charge is 2.19. The Morgan fingerprint density at radius 2 is 2.33 bits per heavy atom. The minimum atomic E-state index is 0.00532. The van der Waals surface area contributed by atoms with Crippen molar-refractivity contribution in [1.82, 2.24) is 4.90 Å². The molecule has 5 nitrogen and oxygen atoms in total. The lowest BCUT2D eigenvalue weighted by molar-refractivity contribution is -0.116. The molecule has 1 unspecified atom stereocenters. The summed E-state index contributed by atoms with van der Waals surface area (Å²) in [6.07, 6.45) is 3.93. The summed E-state index contributed by atoms with van der Waals surface area (Å²) in [6, 6.07) is 5.89. The first-order valence-electron chi connectivity index (χ1n) is 7.57. The minimum absolute atomic E-state index is 0.00532. The Morgan fingerprint density at radius 3 is 3.00 bits per heavy atom. The van der Waals surface area contributed by atoms with Gasteiger partial charge in [-0.05, 0) is 57.5 Å². The van der Waals surface area contributed by atoms with Gasteiger partial charge in [0.15, 0.2) is 0 Å². The van der Waals surface area contributed by atoms with E-state index in [0.717, 1.165) is 19.5 Å². The molecule has 1 aliphatic rings. The van der Waals surface area contributed by atoms with Crippen LogP contribution < -0.4 is 15.8 Å². The number of ether oxygens (including phenoxy) is 1. The molecule has 1 atom stereocenters. The van der Waals surface area contributed by atoms with Gasteiger partial charge in [0, 0.05) is 18.2 Å². The Morgan fingerprint density at radius 1 is 1.52 bits per heavy atom. The summed E-state index contributed by atoms with van der Waals surface area (Å²) >= 11 is 0. The van der Waals surface area contributed by atoms with Crippen molar-refractivity contribution >= 4 is 17.3 Å². The van der Waals surface area contributed by atoms with Gasteiger partial charge in [-0.15, -0.1) is 0 Å². The van der Waals surface area contributed by atoms with Gasteiger partial charge in [-0.1, -0.05) is 0 Å². The van der Waals surface area contributed by atoms with Crippen LogP contribution >= 0.6 is 0 Å². The largest absolute Gasteiger partial charge is 0.495 e. The van der Waals surface area contributed by atoms with Gasteiger partial charge in [-0.3, -0.25) is 4.79 Å². The molecule has 1 heterocycles. The van der Waals surface area contributed by atoms with Gasteiger partial charge in [0.25, 0.3) is 0 Å². The zero-order chi connectivity index (χ0) is 15.2. The number of likely N-dealkylation sites (tertiary alicyclic amines) is 1. The maximum atomic E-state index is 12.0. The number of hydrogen-bond acceptors (Lipinski definition) is 4. The van der Waals surface area contributed by atoms with Crippen LogP contribution in [0.25, 0.3) is 0 Å². The highest BCUT2D eigenvalue weighted by molar-refractivity contribution is 5.92. The summed E-state index contributed by atoms with van der Waals surface area (Å²) in [5, 5.41) is 2.88. The predicted octanol–water partition coefficient (Wildman–Crippen LogP) is 2.48. The molecule has 1 aromatic carbocycles. The zero-order valence-electron chi connectivity index (χ0n) is 12.9. The molecule has 1 amide bonds. The van der Waals surface area contributed by atoms with Crippen LogP contribution in [0.2, 0.25) is 0 Å². The van der Waals surface area contributed by atoms with E-state index in [1.165, 1.54) is 12.8 Å². The van der Waals surface area contributed by atoms with Crippen molar-refractivity contribution in [1.29, 1.82) is 0 Å². The molecule has 5 heteroatoms. The molecular weight excluding hydrogens is 266 g/mol. The number of carbonyl (C=O) groups is 1. The van der Waals surface area contributed by atoms with Crippen LogP contribution in [0.3, 0.4) is 0 Å². The minimum Gasteiger partial charge on any atom is -0.495 e. The summed E-state index contributed by atoms with van der Waals surface area (Å²) in [4.78, 5) is 14.5. The number of carbonyl (C=O) groups excluding carboxylic acids is 1. The Bertz CT molecular complexity index is 490. The zero-order valence-corrected chi connectivity index (χ0v) is 12.9. The third kappa shape index (κ3) is 4.36. The van der Waals surface area contributed by atoms with E-state index in [-0.39, 0.29) is 5.91 Å². The maximum Gasteiger partial charge on any atom is 0.224 e. The van der Waals surface area contributed by atoms with Crippen LogP contribution in [-0.4, -0.2) is 37.0 Å². The lowest BCUT2D eigenvalue weighted by atomic mass is 10.2. The van der Waals surface area contributed by atoms with Crippen LogP contribution in [-0.2, 0) is 4.79 Å². The van der Waals surface area contributed by atoms with Crippen LogP contribution in [0.4, 0.5) is 11.4 Å². The molecule has 0 saturated carbocycles. The number of hydrogen-bond donors (Lipinski definition) is 2. The van der Waals surface area contributed by atoms with E-state index < -0.39 is 0 Å². The van der Waals surface area contributed by atoms with Crippen molar-refractivity contribution in [3.05, 3.63) is 18.2 Å². The monoisotopic (exact) mass is 291 g/mol. The lowest BCUT2D eigenvalue weighted by Crippen LogP contribution is -2.28. The van der Waals surface area contributed by atoms with Crippen LogP contribution in [0.1, 0.15) is 32.6 Å². The summed E-state index contributed by atoms with van der Waals surface area (Å²) in [5.74, 6) is 0.636. The number of nitrogens with zero attached hydrogens (tertiary/aromatic N) is 1. The van der Waals surface area contributed by atoms with Crippen molar-refractivity contribution in [2.24, 2.45) is 0 Å². The number of nitrogens with two attached hydrogens (primary N) is 1. The lowest BCUT2D eigenvalue weighted by Gasteiger charge is -2.20. The van der Waals surface area contributed by atoms with Gasteiger partial charge in [0.05, 0.1) is 12.8 Å². The van der Waals surface area contributed by atoms with E-state index in [0.29, 0.717) is 29.6 Å². The third-order valence-electron chi connectivity index (χ3n) is 4.04. The van der Waals surface area contributed by atoms with E-state index in [4.69, 9.17) is 10.5 Å². The molecule has 116 valence electrons. The number of amides is 1. The molecule has 0 radical (unpaired) electrons. The quantitative estimate of drug-likeness (QED) is 0.790. The van der Waals surface area contributed by atoms with Crippen LogP contribution in [0.15, 0.2) is 18.2 Å². The highest BCUT2D eigenvalue weighted by atomic mass is 16.5. The molecule has 1 saturated heterocycles. The Labute approximate surface area is 126 Å². The molecular formula is C16H25N3O2. The van der Waals surface area contributed by atoms with Gasteiger partial charge in [-0.2, -0.15) is 0 Å². The first-order chi connectivity index (χ1) is 10.1. The van der Waals surface area contributed by atoms with Crippen LogP contribution in [0, 0.1) is 0 Å². The summed E-state index contributed by atoms with van der Waals surface area (Å²) in [7, 11) is 1.58. The molecule has 0 aliphatic carbocycles. The van der Waals surface area contributed by atoms with Crippen molar-refractivity contribution < 1.29 is 9.53 Å². The number of nitrogens with one attached hydrogen (secondary N) is 1. The Hall–Kier alpha value is -1.75. The standard InChI is InChI=1S/C16H25N3O2/c1-12-5-3-9-19(12)10-4-6-16(20)18-14-11-13(17)7-8-15(14)21-2/h7-8,11-12H,3-6,9-10,17H2,1-2H3,(H,18,20). The van der Waals surface area contributed by atoms with Gasteiger partial charge in [0.1, 0.15) is 5.75 Å². The molecule has 1 aliphatic heterocycles. The number of anilines is 2. The van der Waals surface area contributed by atoms with E-state index in [1.807, 2.05) is 0 Å². The molecule has 0 aromatic heterocycles. The predicted molar refractivity (Wildman–Crippen MR) is 85.5 cm³/mol. The van der Waals surface area contributed by atoms with Gasteiger partial charge in [0.2, 0.25) is 5.91 Å². The first kappa shape index (κ1) is 15.6. The fourth-order valence-electron chi connectivity index (χ4n) is 2.80. The second-order valence-corrected chi connectivity index (χ2v) is 5.64. The van der Waals surface area contributed by atoms with E-state index in [2.05, 4.69) is 17.1 Å². The second kappa shape index (κ2) is 7.31. The van der Waals surface area contributed by atoms with E-state index in [1.54, 1.807) is 25.3 Å². The summed E-state index contributed by atoms with van der Waals surface area (Å²) in [5.41, 5.74) is 6.99. The van der Waals surface area contributed by atoms with Crippen molar-refractivity contribution in [2.75, 3.05) is 31.2 Å². The molecule has 3 N–H and O–H groups in total. The molecule has 21 heavy (non-hydrogen) atoms. The van der Waals surface area contributed by atoms with Crippen molar-refractivity contribution in [3.63, 3.8) is 0 Å². The SMILES string of the molecule is COc1ccc(N)cc1NC(=O)CCCN1CCCC1C. The molecule has 1 fully saturated rings. The maximum absolute atomic E-state index is 12.0. The van der Waals surface area contributed by atoms with Crippen molar-refractivity contribution in [3.8, 4) is 5.75 Å². The number of rotatable bonds is 6. The smallest absolute Gasteiger partial charge is 0.224 e. The highest BCUT2D eigenvalue weighted by Crippen LogP contribution is 2.26. The molecule has 0 bridgehead atoms. The topological polar surface area (TPSA) is 67.6 Å². The van der Waals surface area contributed by atoms with Crippen molar-refractivity contribution in [2.45, 2.75) is 38.6 Å². The normalized spacial score (nSPS) is 18.7. The molecule has 2 rings (SSSR count). The third-order valence-corrected chi connectivity index (χ3v) is 4.04. The molecule has 0 spiro atoms. The summed E-state index contributed by atoms with van der Waals surface area (Å²) < 4.78 is 5.22. The first-order valence-corrected chi connectivity index (χ1v) is 7.57. The number of nitrogen functional groups attached to an aromatic ring is 1. The van der Waals surface area contributed by atoms with Gasteiger partial charge in [-0.25, -0.2) is 0 Å². The van der Waals surface area contributed by atoms with Gasteiger partial charge >= 0.3 is 0 Å². The number of benzene rings is 1. The van der Waals surface area contributed by atoms with Crippen LogP contribution in [0.5, 0.6) is 5.75 Å². The average Bonchev–Trinajstić information content (AvgIpc) is 2.85. The van der Waals surface area contributed by atoms with Gasteiger partial charge < -0.3 is 20.7 Å². The van der Waals surface area contributed by atoms with E-state index in [9.17, 15) is 4.79 Å². The van der Waals surface area contributed by atoms with E-state index >= 15 is 0 Å². The number of methoxy groups -OCH3 is 1. The molecule has 1 aromatic rings. The Balaban J connectivity index is 1.80. The Kier molecular flexibility index (Phi) is 5.44. The average molecular weight is 291 g/mol. The fraction of sp³-hybridized carbons (Fsp3) is 0.562. The summed E-state index contributed by atoms with van der Waals surface area (Å²) in [6.45, 7) is 4.40. The fourth-order valence-corrected chi connectivity index (χ4v) is 2.80.